The average Bonchev–Trinajstić information content (AvgIpc) is 2.57. The molecule has 1 aliphatic rings. The topological polar surface area (TPSA) is 41.6 Å². The molecule has 2 aromatic rings. The number of nitrogens with one attached hydrogen (secondary N) is 1. The molecule has 1 N–H and O–H groups in total. The molecule has 1 fully saturated rings. The zero-order valence-corrected chi connectivity index (χ0v) is 12.1. The number of carbonyl (C=O) groups is 1. The molecule has 1 heterocycles. The monoisotopic (exact) mass is 300 g/mol. The maximum Gasteiger partial charge on any atom is 0.255 e. The number of anilines is 2. The lowest BCUT2D eigenvalue weighted by atomic mass is 10.2. The van der Waals surface area contributed by atoms with Crippen molar-refractivity contribution in [3.8, 4) is 0 Å². The van der Waals surface area contributed by atoms with Gasteiger partial charge in [0.1, 0.15) is 5.82 Å². The molecule has 0 saturated carbocycles. The van der Waals surface area contributed by atoms with E-state index >= 15 is 0 Å². The van der Waals surface area contributed by atoms with Crippen LogP contribution >= 0.6 is 0 Å². The number of rotatable bonds is 3. The third-order valence-corrected chi connectivity index (χ3v) is 3.61. The summed E-state index contributed by atoms with van der Waals surface area (Å²) in [5.74, 6) is -0.606. The van der Waals surface area contributed by atoms with Crippen LogP contribution in [0.5, 0.6) is 0 Å². The fourth-order valence-corrected chi connectivity index (χ4v) is 2.46. The Morgan fingerprint density at radius 3 is 2.45 bits per heavy atom. The summed E-state index contributed by atoms with van der Waals surface area (Å²) in [4.78, 5) is 14.5. The van der Waals surface area contributed by atoms with Gasteiger partial charge in [-0.25, -0.2) is 4.39 Å². The van der Waals surface area contributed by atoms with Gasteiger partial charge in [0.2, 0.25) is 0 Å². The maximum absolute atomic E-state index is 12.9. The molecular weight excluding hydrogens is 283 g/mol. The highest BCUT2D eigenvalue weighted by atomic mass is 19.1. The molecule has 3 rings (SSSR count). The Hall–Kier alpha value is -2.40. The first-order valence-electron chi connectivity index (χ1n) is 7.23. The van der Waals surface area contributed by atoms with Crippen LogP contribution in [0.25, 0.3) is 0 Å². The van der Waals surface area contributed by atoms with Crippen molar-refractivity contribution in [2.45, 2.75) is 0 Å². The number of ether oxygens (including phenoxy) is 1. The number of nitrogens with zero attached hydrogens (tertiary/aromatic N) is 1. The lowest BCUT2D eigenvalue weighted by Crippen LogP contribution is -2.36. The van der Waals surface area contributed by atoms with Crippen molar-refractivity contribution in [1.82, 2.24) is 0 Å². The van der Waals surface area contributed by atoms with E-state index in [0.717, 1.165) is 24.5 Å². The Morgan fingerprint density at radius 2 is 1.73 bits per heavy atom. The summed E-state index contributed by atoms with van der Waals surface area (Å²) >= 11 is 0. The van der Waals surface area contributed by atoms with Crippen LogP contribution < -0.4 is 10.2 Å². The van der Waals surface area contributed by atoms with E-state index in [0.29, 0.717) is 18.8 Å². The molecule has 0 spiro atoms. The third kappa shape index (κ3) is 3.26. The first-order chi connectivity index (χ1) is 10.7. The summed E-state index contributed by atoms with van der Waals surface area (Å²) in [6, 6.07) is 13.2. The van der Waals surface area contributed by atoms with Crippen molar-refractivity contribution in [3.63, 3.8) is 0 Å². The summed E-state index contributed by atoms with van der Waals surface area (Å²) in [6.45, 7) is 2.95. The summed E-state index contributed by atoms with van der Waals surface area (Å²) in [7, 11) is 0. The molecule has 114 valence electrons. The van der Waals surface area contributed by atoms with E-state index in [4.69, 9.17) is 4.74 Å². The molecule has 0 bridgehead atoms. The zero-order valence-electron chi connectivity index (χ0n) is 12.1. The number of para-hydroxylation sites is 2. The van der Waals surface area contributed by atoms with Crippen LogP contribution in [0, 0.1) is 5.82 Å². The zero-order chi connectivity index (χ0) is 15.4. The third-order valence-electron chi connectivity index (χ3n) is 3.61. The van der Waals surface area contributed by atoms with Gasteiger partial charge in [-0.3, -0.25) is 4.79 Å². The average molecular weight is 300 g/mol. The lowest BCUT2D eigenvalue weighted by molar-refractivity contribution is 0.102. The number of carbonyl (C=O) groups excluding carboxylic acids is 1. The Bertz CT molecular complexity index is 652. The fraction of sp³-hybridized carbons (Fsp3) is 0.235. The Kier molecular flexibility index (Phi) is 4.34. The largest absolute Gasteiger partial charge is 0.378 e. The van der Waals surface area contributed by atoms with Crippen LogP contribution in [-0.2, 0) is 4.74 Å². The van der Waals surface area contributed by atoms with Crippen LogP contribution in [0.4, 0.5) is 15.8 Å². The highest BCUT2D eigenvalue weighted by molar-refractivity contribution is 6.05. The molecule has 2 aromatic carbocycles. The summed E-state index contributed by atoms with van der Waals surface area (Å²) < 4.78 is 18.3. The SMILES string of the molecule is O=C(Nc1ccccc1N1CCOCC1)c1ccc(F)cc1. The molecule has 0 aromatic heterocycles. The van der Waals surface area contributed by atoms with E-state index < -0.39 is 0 Å². The number of amides is 1. The van der Waals surface area contributed by atoms with Crippen LogP contribution in [0.3, 0.4) is 0 Å². The second-order valence-electron chi connectivity index (χ2n) is 5.08. The molecule has 0 aliphatic carbocycles. The van der Waals surface area contributed by atoms with Gasteiger partial charge >= 0.3 is 0 Å². The number of hydrogen-bond donors (Lipinski definition) is 1. The van der Waals surface area contributed by atoms with Gasteiger partial charge < -0.3 is 15.0 Å². The lowest BCUT2D eigenvalue weighted by Gasteiger charge is -2.30. The Balaban J connectivity index is 1.79. The van der Waals surface area contributed by atoms with Crippen LogP contribution in [0.2, 0.25) is 0 Å². The summed E-state index contributed by atoms with van der Waals surface area (Å²) in [5.41, 5.74) is 2.15. The van der Waals surface area contributed by atoms with E-state index in [2.05, 4.69) is 10.2 Å². The fourth-order valence-electron chi connectivity index (χ4n) is 2.46. The van der Waals surface area contributed by atoms with Crippen molar-refractivity contribution < 1.29 is 13.9 Å². The van der Waals surface area contributed by atoms with E-state index in [1.807, 2.05) is 24.3 Å². The maximum atomic E-state index is 12.9. The van der Waals surface area contributed by atoms with E-state index in [1.165, 1.54) is 24.3 Å². The van der Waals surface area contributed by atoms with Crippen molar-refractivity contribution >= 4 is 17.3 Å². The highest BCUT2D eigenvalue weighted by Gasteiger charge is 2.16. The minimum absolute atomic E-state index is 0.249. The number of hydrogen-bond acceptors (Lipinski definition) is 3. The highest BCUT2D eigenvalue weighted by Crippen LogP contribution is 2.26. The summed E-state index contributed by atoms with van der Waals surface area (Å²) in [6.07, 6.45) is 0. The first-order valence-corrected chi connectivity index (χ1v) is 7.23. The predicted octanol–water partition coefficient (Wildman–Crippen LogP) is 2.91. The molecule has 0 radical (unpaired) electrons. The van der Waals surface area contributed by atoms with Gasteiger partial charge in [0.05, 0.1) is 24.6 Å². The van der Waals surface area contributed by atoms with Crippen molar-refractivity contribution in [2.75, 3.05) is 36.5 Å². The van der Waals surface area contributed by atoms with Crippen LogP contribution in [0.1, 0.15) is 10.4 Å². The van der Waals surface area contributed by atoms with Gasteiger partial charge in [0, 0.05) is 18.7 Å². The molecule has 0 atom stereocenters. The van der Waals surface area contributed by atoms with Gasteiger partial charge in [0.15, 0.2) is 0 Å². The van der Waals surface area contributed by atoms with Crippen molar-refractivity contribution in [3.05, 3.63) is 59.9 Å². The summed E-state index contributed by atoms with van der Waals surface area (Å²) in [5, 5.41) is 2.90. The molecule has 1 amide bonds. The second kappa shape index (κ2) is 6.58. The van der Waals surface area contributed by atoms with E-state index in [1.54, 1.807) is 0 Å². The van der Waals surface area contributed by atoms with Crippen LogP contribution in [0.15, 0.2) is 48.5 Å². The smallest absolute Gasteiger partial charge is 0.255 e. The van der Waals surface area contributed by atoms with Crippen molar-refractivity contribution in [2.24, 2.45) is 0 Å². The minimum Gasteiger partial charge on any atom is -0.378 e. The standard InChI is InChI=1S/C17H17FN2O2/c18-14-7-5-13(6-8-14)17(21)19-15-3-1-2-4-16(15)20-9-11-22-12-10-20/h1-8H,9-12H2,(H,19,21). The minimum atomic E-state index is -0.356. The molecule has 1 saturated heterocycles. The van der Waals surface area contributed by atoms with E-state index in [9.17, 15) is 9.18 Å². The van der Waals surface area contributed by atoms with Crippen LogP contribution in [-0.4, -0.2) is 32.2 Å². The van der Waals surface area contributed by atoms with Gasteiger partial charge in [-0.2, -0.15) is 0 Å². The molecular formula is C17H17FN2O2. The Labute approximate surface area is 128 Å². The Morgan fingerprint density at radius 1 is 1.05 bits per heavy atom. The van der Waals surface area contributed by atoms with Gasteiger partial charge in [-0.1, -0.05) is 12.1 Å². The van der Waals surface area contributed by atoms with Gasteiger partial charge in [-0.15, -0.1) is 0 Å². The predicted molar refractivity (Wildman–Crippen MR) is 83.8 cm³/mol. The number of morpholine rings is 1. The molecule has 4 nitrogen and oxygen atoms in total. The first kappa shape index (κ1) is 14.5. The quantitative estimate of drug-likeness (QED) is 0.947. The molecule has 5 heteroatoms. The molecule has 1 aliphatic heterocycles. The van der Waals surface area contributed by atoms with Gasteiger partial charge in [-0.05, 0) is 36.4 Å². The number of halogens is 1. The van der Waals surface area contributed by atoms with E-state index in [-0.39, 0.29) is 11.7 Å². The normalized spacial score (nSPS) is 14.7. The second-order valence-corrected chi connectivity index (χ2v) is 5.08. The van der Waals surface area contributed by atoms with Crippen molar-refractivity contribution in [1.29, 1.82) is 0 Å². The molecule has 0 unspecified atom stereocenters. The molecule has 22 heavy (non-hydrogen) atoms. The number of benzene rings is 2. The van der Waals surface area contributed by atoms with Gasteiger partial charge in [0.25, 0.3) is 5.91 Å².